The predicted molar refractivity (Wildman–Crippen MR) is 91.0 cm³/mol. The highest BCUT2D eigenvalue weighted by Crippen LogP contribution is 2.33. The van der Waals surface area contributed by atoms with Gasteiger partial charge in [0.2, 0.25) is 5.91 Å². The smallest absolute Gasteiger partial charge is 0.351 e. The second-order valence-electron chi connectivity index (χ2n) is 6.06. The molecule has 3 heterocycles. The van der Waals surface area contributed by atoms with Crippen molar-refractivity contribution in [2.45, 2.75) is 12.8 Å². The van der Waals surface area contributed by atoms with Crippen LogP contribution in [0.2, 0.25) is 0 Å². The number of piperidine rings is 1. The molecule has 2 aromatic rings. The number of nitrogens with zero attached hydrogens (tertiary/aromatic N) is 2. The van der Waals surface area contributed by atoms with Crippen molar-refractivity contribution in [1.29, 1.82) is 0 Å². The Hall–Kier alpha value is -2.19. The van der Waals surface area contributed by atoms with E-state index >= 15 is 0 Å². The number of carboxylic acid groups (broad SMARTS) is 1. The van der Waals surface area contributed by atoms with Crippen molar-refractivity contribution in [2.75, 3.05) is 32.1 Å². The minimum Gasteiger partial charge on any atom is -0.477 e. The van der Waals surface area contributed by atoms with Gasteiger partial charge in [-0.2, -0.15) is 0 Å². The highest BCUT2D eigenvalue weighted by molar-refractivity contribution is 7.22. The molecule has 0 aliphatic carbocycles. The van der Waals surface area contributed by atoms with E-state index in [1.54, 1.807) is 18.0 Å². The van der Waals surface area contributed by atoms with Crippen LogP contribution in [0.5, 0.6) is 0 Å². The lowest BCUT2D eigenvalue weighted by atomic mass is 9.97. The number of carboxylic acids is 1. The highest BCUT2D eigenvalue weighted by Gasteiger charge is 2.28. The summed E-state index contributed by atoms with van der Waals surface area (Å²) in [6.07, 6.45) is 1.85. The molecular formula is C16H18N2O5S. The van der Waals surface area contributed by atoms with Crippen molar-refractivity contribution in [2.24, 2.45) is 5.92 Å². The highest BCUT2D eigenvalue weighted by atomic mass is 32.1. The van der Waals surface area contributed by atoms with E-state index in [1.807, 2.05) is 7.05 Å². The molecule has 1 saturated heterocycles. The summed E-state index contributed by atoms with van der Waals surface area (Å²) in [5, 5.41) is 9.63. The molecule has 0 bridgehead atoms. The fourth-order valence-electron chi connectivity index (χ4n) is 2.97. The van der Waals surface area contributed by atoms with E-state index < -0.39 is 17.2 Å². The van der Waals surface area contributed by atoms with Gasteiger partial charge < -0.3 is 19.3 Å². The first-order valence-corrected chi connectivity index (χ1v) is 8.45. The van der Waals surface area contributed by atoms with Gasteiger partial charge in [0.05, 0.1) is 10.6 Å². The fraction of sp³-hybridized carbons (Fsp3) is 0.438. The molecule has 0 aromatic carbocycles. The maximum absolute atomic E-state index is 12.7. The molecule has 8 heteroatoms. The van der Waals surface area contributed by atoms with Gasteiger partial charge in [0, 0.05) is 19.7 Å². The third kappa shape index (κ3) is 3.07. The Labute approximate surface area is 142 Å². The Morgan fingerprint density at radius 3 is 2.83 bits per heavy atom. The Balaban J connectivity index is 1.89. The number of carbonyl (C=O) groups is 2. The zero-order valence-corrected chi connectivity index (χ0v) is 14.3. The van der Waals surface area contributed by atoms with Gasteiger partial charge in [-0.05, 0) is 32.5 Å². The molecule has 3 rings (SSSR count). The number of thiophene rings is 1. The number of hydrogen-bond acceptors (Lipinski definition) is 6. The van der Waals surface area contributed by atoms with E-state index in [0.29, 0.717) is 15.3 Å². The van der Waals surface area contributed by atoms with Crippen molar-refractivity contribution < 1.29 is 19.1 Å². The molecule has 1 atom stereocenters. The van der Waals surface area contributed by atoms with Gasteiger partial charge in [0.15, 0.2) is 5.58 Å². The summed E-state index contributed by atoms with van der Waals surface area (Å²) >= 11 is 1.23. The molecule has 1 aliphatic heterocycles. The van der Waals surface area contributed by atoms with Gasteiger partial charge in [-0.1, -0.05) is 0 Å². The molecule has 128 valence electrons. The maximum atomic E-state index is 12.7. The van der Waals surface area contributed by atoms with Gasteiger partial charge in [0.25, 0.3) is 0 Å². The number of likely N-dealkylation sites (tertiary alicyclic amines) is 1. The van der Waals surface area contributed by atoms with E-state index in [-0.39, 0.29) is 11.8 Å². The molecule has 0 saturated carbocycles. The number of amides is 1. The monoisotopic (exact) mass is 350 g/mol. The molecule has 2 aromatic heterocycles. The minimum atomic E-state index is -1.32. The molecule has 7 nitrogen and oxygen atoms in total. The number of fused-ring (bicyclic) bond motifs is 1. The second-order valence-corrected chi connectivity index (χ2v) is 7.13. The molecule has 1 unspecified atom stereocenters. The molecule has 1 aliphatic rings. The van der Waals surface area contributed by atoms with Gasteiger partial charge in [-0.3, -0.25) is 4.79 Å². The van der Waals surface area contributed by atoms with Gasteiger partial charge in [0.1, 0.15) is 10.6 Å². The maximum Gasteiger partial charge on any atom is 0.351 e. The number of anilines is 1. The van der Waals surface area contributed by atoms with Crippen LogP contribution in [0.1, 0.15) is 23.2 Å². The molecule has 0 spiro atoms. The Morgan fingerprint density at radius 1 is 1.42 bits per heavy atom. The molecule has 1 amide bonds. The van der Waals surface area contributed by atoms with Crippen LogP contribution >= 0.6 is 11.3 Å². The molecule has 1 N–H and O–H groups in total. The standard InChI is InChI=1S/C16H18N2O5S/c1-17-5-3-4-9(8-17)14(19)18(2)13-7-11-12(24-13)6-10(15(20)21)16(22)23-11/h6-7,9H,3-5,8H2,1-2H3,(H,20,21). The van der Waals surface area contributed by atoms with Crippen LogP contribution in [0.4, 0.5) is 5.00 Å². The van der Waals surface area contributed by atoms with Crippen LogP contribution in [-0.4, -0.2) is 49.1 Å². The first-order valence-electron chi connectivity index (χ1n) is 7.64. The van der Waals surface area contributed by atoms with E-state index in [1.165, 1.54) is 17.4 Å². The predicted octanol–water partition coefficient (Wildman–Crippen LogP) is 1.86. The summed E-state index contributed by atoms with van der Waals surface area (Å²) in [7, 11) is 3.69. The van der Waals surface area contributed by atoms with Crippen molar-refractivity contribution >= 4 is 38.5 Å². The summed E-state index contributed by atoms with van der Waals surface area (Å²) in [6.45, 7) is 1.73. The zero-order chi connectivity index (χ0) is 17.4. The van der Waals surface area contributed by atoms with Gasteiger partial charge >= 0.3 is 11.6 Å². The Bertz CT molecular complexity index is 856. The third-order valence-corrected chi connectivity index (χ3v) is 5.42. The summed E-state index contributed by atoms with van der Waals surface area (Å²) < 4.78 is 5.59. The third-order valence-electron chi connectivity index (χ3n) is 4.28. The van der Waals surface area contributed by atoms with Crippen LogP contribution in [-0.2, 0) is 4.79 Å². The van der Waals surface area contributed by atoms with E-state index in [2.05, 4.69) is 4.90 Å². The summed E-state index contributed by atoms with van der Waals surface area (Å²) in [6, 6.07) is 2.90. The second kappa shape index (κ2) is 6.37. The SMILES string of the molecule is CN1CCCC(C(=O)N(C)c2cc3oc(=O)c(C(=O)O)cc3s2)C1. The molecule has 0 radical (unpaired) electrons. The van der Waals surface area contributed by atoms with E-state index in [9.17, 15) is 14.4 Å². The van der Waals surface area contributed by atoms with Crippen LogP contribution < -0.4 is 10.5 Å². The van der Waals surface area contributed by atoms with Crippen molar-refractivity contribution in [3.63, 3.8) is 0 Å². The lowest BCUT2D eigenvalue weighted by Gasteiger charge is -2.31. The summed E-state index contributed by atoms with van der Waals surface area (Å²) in [4.78, 5) is 39.1. The van der Waals surface area contributed by atoms with E-state index in [4.69, 9.17) is 9.52 Å². The van der Waals surface area contributed by atoms with Crippen molar-refractivity contribution in [3.05, 3.63) is 28.1 Å². The average molecular weight is 350 g/mol. The van der Waals surface area contributed by atoms with Crippen molar-refractivity contribution in [1.82, 2.24) is 4.90 Å². The Kier molecular flexibility index (Phi) is 4.42. The molecular weight excluding hydrogens is 332 g/mol. The normalized spacial score (nSPS) is 18.7. The first-order chi connectivity index (χ1) is 11.4. The zero-order valence-electron chi connectivity index (χ0n) is 13.4. The minimum absolute atomic E-state index is 0.0221. The Morgan fingerprint density at radius 2 is 2.17 bits per heavy atom. The number of aromatic carboxylic acids is 1. The number of hydrogen-bond donors (Lipinski definition) is 1. The summed E-state index contributed by atoms with van der Waals surface area (Å²) in [5.41, 5.74) is -0.994. The molecule has 24 heavy (non-hydrogen) atoms. The van der Waals surface area contributed by atoms with Gasteiger partial charge in [-0.15, -0.1) is 11.3 Å². The topological polar surface area (TPSA) is 91.1 Å². The van der Waals surface area contributed by atoms with Gasteiger partial charge in [-0.25, -0.2) is 9.59 Å². The van der Waals surface area contributed by atoms with Crippen LogP contribution in [0.3, 0.4) is 0 Å². The number of rotatable bonds is 3. The molecule has 1 fully saturated rings. The lowest BCUT2D eigenvalue weighted by Crippen LogP contribution is -2.42. The van der Waals surface area contributed by atoms with Crippen LogP contribution in [0.25, 0.3) is 10.3 Å². The van der Waals surface area contributed by atoms with Crippen LogP contribution in [0.15, 0.2) is 21.3 Å². The summed E-state index contributed by atoms with van der Waals surface area (Å²) in [5.74, 6) is -1.36. The first kappa shape index (κ1) is 16.7. The fourth-order valence-corrected chi connectivity index (χ4v) is 3.96. The lowest BCUT2D eigenvalue weighted by molar-refractivity contribution is -0.123. The largest absolute Gasteiger partial charge is 0.477 e. The number of carbonyl (C=O) groups excluding carboxylic acids is 1. The average Bonchev–Trinajstić information content (AvgIpc) is 2.95. The van der Waals surface area contributed by atoms with E-state index in [0.717, 1.165) is 25.9 Å². The quantitative estimate of drug-likeness (QED) is 0.908. The van der Waals surface area contributed by atoms with Crippen molar-refractivity contribution in [3.8, 4) is 0 Å². The van der Waals surface area contributed by atoms with Crippen LogP contribution in [0, 0.1) is 5.92 Å².